The number of hydrogen-bond acceptors (Lipinski definition) is 8. The molecule has 9 atom stereocenters. The van der Waals surface area contributed by atoms with Crippen LogP contribution in [-0.2, 0) is 28.7 Å². The van der Waals surface area contributed by atoms with Gasteiger partial charge in [-0.05, 0) is 55.2 Å². The maximum absolute atomic E-state index is 15.2. The van der Waals surface area contributed by atoms with E-state index >= 15 is 9.59 Å². The fourth-order valence-corrected chi connectivity index (χ4v) is 9.41. The highest BCUT2D eigenvalue weighted by Crippen LogP contribution is 2.61. The molecule has 3 aliphatic heterocycles. The van der Waals surface area contributed by atoms with Crippen molar-refractivity contribution in [2.24, 2.45) is 11.8 Å². The minimum absolute atomic E-state index is 0.113. The summed E-state index contributed by atoms with van der Waals surface area (Å²) in [6.07, 6.45) is 2.61. The Labute approximate surface area is 330 Å². The largest absolute Gasteiger partial charge is 0.497 e. The number of carbonyl (C=O) groups is 4. The fraction of sp³-hybridized carbons (Fsp3) is 0.395. The number of halogens is 1. The van der Waals surface area contributed by atoms with Crippen molar-refractivity contribution in [2.45, 2.75) is 66.9 Å². The van der Waals surface area contributed by atoms with Crippen molar-refractivity contribution in [3.63, 3.8) is 0 Å². The zero-order valence-electron chi connectivity index (χ0n) is 31.3. The van der Waals surface area contributed by atoms with Crippen molar-refractivity contribution in [3.05, 3.63) is 121 Å². The van der Waals surface area contributed by atoms with Crippen LogP contribution >= 0.6 is 15.9 Å². The number of ether oxygens (including phenoxy) is 3. The molecule has 3 fully saturated rings. The van der Waals surface area contributed by atoms with E-state index in [1.54, 1.807) is 79.7 Å². The lowest BCUT2D eigenvalue weighted by Crippen LogP contribution is -2.57. The minimum atomic E-state index is -1.45. The summed E-state index contributed by atoms with van der Waals surface area (Å²) in [5.41, 5.74) is 0.398. The molecule has 1 spiro atoms. The van der Waals surface area contributed by atoms with E-state index in [0.717, 1.165) is 0 Å². The van der Waals surface area contributed by atoms with Crippen LogP contribution in [0.15, 0.2) is 110 Å². The van der Waals surface area contributed by atoms with Gasteiger partial charge in [0.05, 0.1) is 43.7 Å². The number of allylic oxidation sites excluding steroid dienone is 1. The molecule has 12 heteroatoms. The number of aliphatic hydroxyl groups excluding tert-OH is 1. The Morgan fingerprint density at radius 2 is 1.65 bits per heavy atom. The van der Waals surface area contributed by atoms with Gasteiger partial charge in [-0.15, -0.1) is 13.2 Å². The first kappa shape index (κ1) is 39.9. The van der Waals surface area contributed by atoms with Crippen LogP contribution in [0.2, 0.25) is 0 Å². The van der Waals surface area contributed by atoms with Gasteiger partial charge in [0.25, 0.3) is 5.91 Å². The zero-order chi connectivity index (χ0) is 39.4. The smallest absolute Gasteiger partial charge is 0.313 e. The Balaban J connectivity index is 1.42. The lowest BCUT2D eigenvalue weighted by Gasteiger charge is -2.39. The first-order valence-corrected chi connectivity index (χ1v) is 19.4. The number of likely N-dealkylation sites (tertiary alicyclic amines) is 1. The number of rotatable bonds is 16. The van der Waals surface area contributed by atoms with Crippen LogP contribution in [0.3, 0.4) is 0 Å². The molecule has 1 unspecified atom stereocenters. The van der Waals surface area contributed by atoms with E-state index in [1.807, 2.05) is 43.3 Å². The number of likely N-dealkylation sites (N-methyl/N-ethyl adjacent to an activating group) is 1. The summed E-state index contributed by atoms with van der Waals surface area (Å²) < 4.78 is 18.6. The lowest BCUT2D eigenvalue weighted by atomic mass is 9.70. The quantitative estimate of drug-likeness (QED) is 0.110. The average Bonchev–Trinajstić information content (AvgIpc) is 3.81. The van der Waals surface area contributed by atoms with Crippen LogP contribution in [0.25, 0.3) is 0 Å². The molecule has 290 valence electrons. The van der Waals surface area contributed by atoms with Crippen molar-refractivity contribution in [3.8, 4) is 5.75 Å². The van der Waals surface area contributed by atoms with Gasteiger partial charge < -0.3 is 34.0 Å². The second-order valence-corrected chi connectivity index (χ2v) is 15.5. The molecule has 3 aliphatic rings. The second-order valence-electron chi connectivity index (χ2n) is 14.3. The van der Waals surface area contributed by atoms with E-state index in [2.05, 4.69) is 29.1 Å². The van der Waals surface area contributed by atoms with Crippen LogP contribution in [-0.4, -0.2) is 94.5 Å². The number of hydrogen-bond donors (Lipinski definition) is 1. The number of nitrogens with zero attached hydrogens (tertiary/aromatic N) is 3. The summed E-state index contributed by atoms with van der Waals surface area (Å²) in [5.74, 6) is -3.34. The highest BCUT2D eigenvalue weighted by molar-refractivity contribution is 9.09. The fourth-order valence-electron chi connectivity index (χ4n) is 8.47. The monoisotopic (exact) mass is 813 g/mol. The standard InChI is InChI=1S/C43H48BrN3O8/c1-6-8-19-34(49)45(4)27(3)37(29-17-13-10-14-18-29)54-42(52)35-36-40(50)47(33(26-48)28-15-11-9-12-16-28)39(43(36)25-32(44)38(35)55-43)41(51)46(24-7-2)30-20-22-31(53-5)23-21-30/h6-7,9-18,20-23,27,32-33,35-39,48H,1-2,8,19,24-26H2,3-5H3/t27-,32?,33+,35-,36+,37+,38-,39-,43+/m0/s1. The maximum atomic E-state index is 15.2. The van der Waals surface area contributed by atoms with E-state index in [9.17, 15) is 14.7 Å². The molecule has 6 rings (SSSR count). The van der Waals surface area contributed by atoms with Crippen LogP contribution in [0.1, 0.15) is 49.5 Å². The van der Waals surface area contributed by atoms with Gasteiger partial charge in [0.15, 0.2) is 0 Å². The molecule has 0 radical (unpaired) electrons. The van der Waals surface area contributed by atoms with Gasteiger partial charge in [0.1, 0.15) is 23.5 Å². The number of carbonyl (C=O) groups excluding carboxylic acids is 4. The molecule has 2 bridgehead atoms. The van der Waals surface area contributed by atoms with Gasteiger partial charge in [-0.2, -0.15) is 0 Å². The van der Waals surface area contributed by atoms with E-state index in [0.29, 0.717) is 29.0 Å². The van der Waals surface area contributed by atoms with Gasteiger partial charge in [0, 0.05) is 30.5 Å². The third kappa shape index (κ3) is 7.35. The normalized spacial score (nSPS) is 25.4. The van der Waals surface area contributed by atoms with Crippen LogP contribution in [0.4, 0.5) is 5.69 Å². The molecule has 11 nitrogen and oxygen atoms in total. The summed E-state index contributed by atoms with van der Waals surface area (Å²) in [6, 6.07) is 22.5. The van der Waals surface area contributed by atoms with Crippen LogP contribution in [0, 0.1) is 11.8 Å². The molecule has 0 aromatic heterocycles. The SMILES string of the molecule is C=CCCC(=O)N(C)[C@@H](C)[C@@H](OC(=O)[C@@H]1[C@H]2O[C@@]3(CC2Br)[C@H](C(=O)N(CC=C)c2ccc(OC)cc2)N([C@H](CO)c2ccccc2)C(=O)[C@@H]13)c1ccccc1. The number of anilines is 1. The molecule has 55 heavy (non-hydrogen) atoms. The van der Waals surface area contributed by atoms with E-state index < -0.39 is 77.0 Å². The third-order valence-electron chi connectivity index (χ3n) is 11.3. The number of aliphatic hydroxyl groups is 1. The first-order valence-electron chi connectivity index (χ1n) is 18.5. The van der Waals surface area contributed by atoms with Crippen LogP contribution in [0.5, 0.6) is 5.75 Å². The highest BCUT2D eigenvalue weighted by atomic mass is 79.9. The van der Waals surface area contributed by atoms with Crippen LogP contribution < -0.4 is 9.64 Å². The number of esters is 1. The van der Waals surface area contributed by atoms with E-state index in [4.69, 9.17) is 14.2 Å². The molecular formula is C43H48BrN3O8. The molecule has 0 saturated carbocycles. The predicted molar refractivity (Wildman–Crippen MR) is 211 cm³/mol. The number of amides is 3. The molecular weight excluding hydrogens is 766 g/mol. The van der Waals surface area contributed by atoms with Crippen molar-refractivity contribution in [1.82, 2.24) is 9.80 Å². The average molecular weight is 815 g/mol. The van der Waals surface area contributed by atoms with E-state index in [-0.39, 0.29) is 25.3 Å². The second kappa shape index (κ2) is 16.9. The number of fused-ring (bicyclic) bond motifs is 1. The summed E-state index contributed by atoms with van der Waals surface area (Å²) in [5, 5.41) is 11.0. The molecule has 3 aromatic carbocycles. The zero-order valence-corrected chi connectivity index (χ0v) is 32.9. The summed E-state index contributed by atoms with van der Waals surface area (Å²) in [7, 11) is 3.23. The van der Waals surface area contributed by atoms with Crippen molar-refractivity contribution < 1.29 is 38.5 Å². The Morgan fingerprint density at radius 3 is 2.24 bits per heavy atom. The predicted octanol–water partition coefficient (Wildman–Crippen LogP) is 5.79. The van der Waals surface area contributed by atoms with E-state index in [1.165, 1.54) is 9.80 Å². The van der Waals surface area contributed by atoms with Gasteiger partial charge in [-0.3, -0.25) is 19.2 Å². The first-order chi connectivity index (χ1) is 26.5. The Bertz CT molecular complexity index is 1880. The summed E-state index contributed by atoms with van der Waals surface area (Å²) in [4.78, 5) is 62.3. The Kier molecular flexibility index (Phi) is 12.3. The molecule has 1 N–H and O–H groups in total. The Hall–Kier alpha value is -4.78. The third-order valence-corrected chi connectivity index (χ3v) is 12.1. The summed E-state index contributed by atoms with van der Waals surface area (Å²) >= 11 is 3.76. The summed E-state index contributed by atoms with van der Waals surface area (Å²) in [6.45, 7) is 9.07. The highest BCUT2D eigenvalue weighted by Gasteiger charge is 2.78. The van der Waals surface area contributed by atoms with Crippen molar-refractivity contribution >= 4 is 45.3 Å². The number of alkyl halides is 1. The minimum Gasteiger partial charge on any atom is -0.497 e. The van der Waals surface area contributed by atoms with Gasteiger partial charge in [-0.1, -0.05) is 88.7 Å². The number of methoxy groups -OCH3 is 1. The molecule has 3 amide bonds. The lowest BCUT2D eigenvalue weighted by molar-refractivity contribution is -0.165. The molecule has 3 saturated heterocycles. The maximum Gasteiger partial charge on any atom is 0.313 e. The van der Waals surface area contributed by atoms with Gasteiger partial charge in [-0.25, -0.2) is 0 Å². The van der Waals surface area contributed by atoms with Crippen molar-refractivity contribution in [1.29, 1.82) is 0 Å². The topological polar surface area (TPSA) is 126 Å². The number of benzene rings is 3. The molecule has 3 heterocycles. The van der Waals surface area contributed by atoms with Gasteiger partial charge >= 0.3 is 5.97 Å². The molecule has 0 aliphatic carbocycles. The van der Waals surface area contributed by atoms with Crippen molar-refractivity contribution in [2.75, 3.05) is 32.2 Å². The molecule has 3 aromatic rings. The Morgan fingerprint density at radius 1 is 1.02 bits per heavy atom. The van der Waals surface area contributed by atoms with Gasteiger partial charge in [0.2, 0.25) is 11.8 Å².